The molecule has 1 aliphatic carbocycles. The zero-order valence-corrected chi connectivity index (χ0v) is 7.99. The lowest BCUT2D eigenvalue weighted by Gasteiger charge is -2.03. The van der Waals surface area contributed by atoms with Gasteiger partial charge in [-0.15, -0.1) is 0 Å². The smallest absolute Gasteiger partial charge is 0.247 e. The Balaban J connectivity index is 2.05. The van der Waals surface area contributed by atoms with Crippen LogP contribution in [0.4, 0.5) is 5.69 Å². The lowest BCUT2D eigenvalue weighted by molar-refractivity contribution is -0.111. The second kappa shape index (κ2) is 3.66. The van der Waals surface area contributed by atoms with E-state index in [0.717, 1.165) is 11.6 Å². The molecule has 14 heavy (non-hydrogen) atoms. The molecule has 0 spiro atoms. The number of carbonyl (C=O) groups excluding carboxylic acids is 1. The molecule has 2 rings (SSSR count). The topological polar surface area (TPSA) is 29.1 Å². The van der Waals surface area contributed by atoms with Crippen molar-refractivity contribution in [3.8, 4) is 0 Å². The molecule has 1 aliphatic rings. The molecular formula is C12H13NO. The van der Waals surface area contributed by atoms with Gasteiger partial charge in [0.2, 0.25) is 5.91 Å². The maximum atomic E-state index is 11.0. The van der Waals surface area contributed by atoms with Gasteiger partial charge in [-0.05, 0) is 42.5 Å². The number of carbonyl (C=O) groups is 1. The van der Waals surface area contributed by atoms with Crippen LogP contribution < -0.4 is 5.32 Å². The Kier molecular flexibility index (Phi) is 2.35. The van der Waals surface area contributed by atoms with Crippen LogP contribution in [-0.4, -0.2) is 5.91 Å². The highest BCUT2D eigenvalue weighted by Crippen LogP contribution is 2.40. The van der Waals surface area contributed by atoms with Crippen LogP contribution in [0.3, 0.4) is 0 Å². The van der Waals surface area contributed by atoms with E-state index in [-0.39, 0.29) is 5.91 Å². The fourth-order valence-electron chi connectivity index (χ4n) is 1.45. The second-order valence-electron chi connectivity index (χ2n) is 3.59. The van der Waals surface area contributed by atoms with E-state index < -0.39 is 0 Å². The number of anilines is 1. The van der Waals surface area contributed by atoms with Gasteiger partial charge < -0.3 is 5.32 Å². The van der Waals surface area contributed by atoms with E-state index in [1.807, 2.05) is 12.1 Å². The van der Waals surface area contributed by atoms with Gasteiger partial charge >= 0.3 is 0 Å². The van der Waals surface area contributed by atoms with Crippen molar-refractivity contribution in [2.45, 2.75) is 18.8 Å². The lowest BCUT2D eigenvalue weighted by atomic mass is 10.1. The van der Waals surface area contributed by atoms with Crippen LogP contribution in [0.1, 0.15) is 24.3 Å². The van der Waals surface area contributed by atoms with E-state index in [1.54, 1.807) is 0 Å². The molecule has 2 heteroatoms. The molecular weight excluding hydrogens is 174 g/mol. The Morgan fingerprint density at radius 1 is 1.36 bits per heavy atom. The number of hydrogen-bond donors (Lipinski definition) is 1. The Labute approximate surface area is 83.6 Å². The average molecular weight is 187 g/mol. The van der Waals surface area contributed by atoms with Gasteiger partial charge in [0.1, 0.15) is 0 Å². The average Bonchev–Trinajstić information content (AvgIpc) is 3.02. The first-order chi connectivity index (χ1) is 6.79. The summed E-state index contributed by atoms with van der Waals surface area (Å²) in [5, 5.41) is 2.72. The Hall–Kier alpha value is -1.57. The van der Waals surface area contributed by atoms with Gasteiger partial charge in [-0.1, -0.05) is 18.7 Å². The zero-order chi connectivity index (χ0) is 9.97. The number of benzene rings is 1. The van der Waals surface area contributed by atoms with Crippen molar-refractivity contribution in [2.24, 2.45) is 0 Å². The van der Waals surface area contributed by atoms with Gasteiger partial charge in [-0.25, -0.2) is 0 Å². The Bertz CT molecular complexity index is 349. The minimum atomic E-state index is -0.163. The van der Waals surface area contributed by atoms with Gasteiger partial charge in [0.05, 0.1) is 0 Å². The van der Waals surface area contributed by atoms with E-state index in [4.69, 9.17) is 0 Å². The molecule has 72 valence electrons. The summed E-state index contributed by atoms with van der Waals surface area (Å²) in [5.74, 6) is 0.600. The molecule has 0 unspecified atom stereocenters. The minimum Gasteiger partial charge on any atom is -0.323 e. The van der Waals surface area contributed by atoms with Crippen molar-refractivity contribution < 1.29 is 4.79 Å². The molecule has 0 aromatic heterocycles. The first-order valence-corrected chi connectivity index (χ1v) is 4.83. The first-order valence-electron chi connectivity index (χ1n) is 4.83. The monoisotopic (exact) mass is 187 g/mol. The van der Waals surface area contributed by atoms with Crippen molar-refractivity contribution in [3.63, 3.8) is 0 Å². The van der Waals surface area contributed by atoms with Crippen LogP contribution >= 0.6 is 0 Å². The second-order valence-corrected chi connectivity index (χ2v) is 3.59. The van der Waals surface area contributed by atoms with Crippen LogP contribution in [0.5, 0.6) is 0 Å². The SMILES string of the molecule is C=CC(=O)Nc1ccc(C2CC2)cc1. The quantitative estimate of drug-likeness (QED) is 0.724. The number of hydrogen-bond acceptors (Lipinski definition) is 1. The van der Waals surface area contributed by atoms with Gasteiger partial charge in [0.25, 0.3) is 0 Å². The molecule has 0 aliphatic heterocycles. The van der Waals surface area contributed by atoms with E-state index in [0.29, 0.717) is 0 Å². The van der Waals surface area contributed by atoms with Crippen LogP contribution in [-0.2, 0) is 4.79 Å². The third-order valence-corrected chi connectivity index (χ3v) is 2.41. The fourth-order valence-corrected chi connectivity index (χ4v) is 1.45. The van der Waals surface area contributed by atoms with Crippen molar-refractivity contribution >= 4 is 11.6 Å². The maximum absolute atomic E-state index is 11.0. The zero-order valence-electron chi connectivity index (χ0n) is 7.99. The van der Waals surface area contributed by atoms with Crippen LogP contribution in [0, 0.1) is 0 Å². The van der Waals surface area contributed by atoms with E-state index in [2.05, 4.69) is 24.0 Å². The summed E-state index contributed by atoms with van der Waals surface area (Å²) in [6.45, 7) is 3.40. The number of rotatable bonds is 3. The number of nitrogens with one attached hydrogen (secondary N) is 1. The van der Waals surface area contributed by atoms with Crippen molar-refractivity contribution in [1.82, 2.24) is 0 Å². The summed E-state index contributed by atoms with van der Waals surface area (Å²) >= 11 is 0. The Morgan fingerprint density at radius 3 is 2.50 bits per heavy atom. The van der Waals surface area contributed by atoms with E-state index in [1.165, 1.54) is 24.5 Å². The molecule has 1 aromatic carbocycles. The van der Waals surface area contributed by atoms with E-state index in [9.17, 15) is 4.79 Å². The van der Waals surface area contributed by atoms with Gasteiger partial charge in [-0.3, -0.25) is 4.79 Å². The van der Waals surface area contributed by atoms with Gasteiger partial charge in [0, 0.05) is 5.69 Å². The van der Waals surface area contributed by atoms with Crippen molar-refractivity contribution in [1.29, 1.82) is 0 Å². The third-order valence-electron chi connectivity index (χ3n) is 2.41. The molecule has 0 atom stereocenters. The standard InChI is InChI=1S/C12H13NO/c1-2-12(14)13-11-7-5-10(6-8-11)9-3-4-9/h2,5-9H,1,3-4H2,(H,13,14). The molecule has 1 aromatic rings. The normalized spacial score (nSPS) is 14.9. The Morgan fingerprint density at radius 2 is 2.00 bits per heavy atom. The molecule has 0 radical (unpaired) electrons. The predicted octanol–water partition coefficient (Wildman–Crippen LogP) is 2.69. The van der Waals surface area contributed by atoms with E-state index >= 15 is 0 Å². The molecule has 0 bridgehead atoms. The van der Waals surface area contributed by atoms with Crippen LogP contribution in [0.15, 0.2) is 36.9 Å². The lowest BCUT2D eigenvalue weighted by Crippen LogP contribution is -2.06. The summed E-state index contributed by atoms with van der Waals surface area (Å²) in [5.41, 5.74) is 2.21. The minimum absolute atomic E-state index is 0.163. The molecule has 0 heterocycles. The third kappa shape index (κ3) is 2.02. The summed E-state index contributed by atoms with van der Waals surface area (Å²) in [6.07, 6.45) is 3.88. The van der Waals surface area contributed by atoms with Crippen LogP contribution in [0.2, 0.25) is 0 Å². The summed E-state index contributed by atoms with van der Waals surface area (Å²) < 4.78 is 0. The highest BCUT2D eigenvalue weighted by Gasteiger charge is 2.22. The van der Waals surface area contributed by atoms with Gasteiger partial charge in [0.15, 0.2) is 0 Å². The predicted molar refractivity (Wildman–Crippen MR) is 57.2 cm³/mol. The summed E-state index contributed by atoms with van der Waals surface area (Å²) in [4.78, 5) is 11.0. The van der Waals surface area contributed by atoms with Crippen molar-refractivity contribution in [3.05, 3.63) is 42.5 Å². The molecule has 1 fully saturated rings. The van der Waals surface area contributed by atoms with Crippen molar-refractivity contribution in [2.75, 3.05) is 5.32 Å². The maximum Gasteiger partial charge on any atom is 0.247 e. The van der Waals surface area contributed by atoms with Crippen LogP contribution in [0.25, 0.3) is 0 Å². The molecule has 2 nitrogen and oxygen atoms in total. The molecule has 1 amide bonds. The molecule has 1 N–H and O–H groups in total. The highest BCUT2D eigenvalue weighted by atomic mass is 16.1. The fraction of sp³-hybridized carbons (Fsp3) is 0.250. The number of amides is 1. The first kappa shape index (κ1) is 9.00. The van der Waals surface area contributed by atoms with Gasteiger partial charge in [-0.2, -0.15) is 0 Å². The largest absolute Gasteiger partial charge is 0.323 e. The highest BCUT2D eigenvalue weighted by molar-refractivity contribution is 5.98. The molecule has 1 saturated carbocycles. The summed E-state index contributed by atoms with van der Waals surface area (Å²) in [7, 11) is 0. The summed E-state index contributed by atoms with van der Waals surface area (Å²) in [6, 6.07) is 8.04. The molecule has 0 saturated heterocycles.